The van der Waals surface area contributed by atoms with Crippen molar-refractivity contribution in [2.24, 2.45) is 0 Å². The molecule has 0 unspecified atom stereocenters. The maximum atomic E-state index is 12.1. The molecule has 0 amide bonds. The number of benzene rings is 6. The van der Waals surface area contributed by atoms with Crippen molar-refractivity contribution in [3.63, 3.8) is 0 Å². The van der Waals surface area contributed by atoms with E-state index in [1.165, 1.54) is 0 Å². The zero-order valence-electron chi connectivity index (χ0n) is 26.2. The van der Waals surface area contributed by atoms with Gasteiger partial charge in [0.05, 0.1) is 5.41 Å². The third kappa shape index (κ3) is 6.53. The number of ether oxygens (including phenoxy) is 6. The van der Waals surface area contributed by atoms with Crippen LogP contribution >= 0.6 is 0 Å². The van der Waals surface area contributed by atoms with Crippen LogP contribution in [0.2, 0.25) is 0 Å². The highest BCUT2D eigenvalue weighted by Crippen LogP contribution is 2.56. The first-order valence-corrected chi connectivity index (χ1v) is 15.6. The van der Waals surface area contributed by atoms with E-state index in [0.717, 1.165) is 33.4 Å². The summed E-state index contributed by atoms with van der Waals surface area (Å²) in [5, 5.41) is 0. The molecule has 6 aromatic carbocycles. The second kappa shape index (κ2) is 14.1. The molecule has 8 nitrogen and oxygen atoms in total. The lowest BCUT2D eigenvalue weighted by Gasteiger charge is -2.34. The fourth-order valence-corrected chi connectivity index (χ4v) is 6.15. The number of rotatable bonds is 10. The molecule has 0 bridgehead atoms. The zero-order valence-corrected chi connectivity index (χ0v) is 26.2. The number of carbonyl (C=O) groups is 2. The molecular weight excluding hydrogens is 620 g/mol. The molecule has 0 heterocycles. The van der Waals surface area contributed by atoms with Gasteiger partial charge in [-0.05, 0) is 81.9 Å². The van der Waals surface area contributed by atoms with Crippen molar-refractivity contribution in [3.8, 4) is 34.1 Å². The first-order chi connectivity index (χ1) is 24.1. The van der Waals surface area contributed by atoms with Crippen LogP contribution in [0.1, 0.15) is 22.3 Å². The van der Waals surface area contributed by atoms with Gasteiger partial charge in [0.1, 0.15) is 23.0 Å². The van der Waals surface area contributed by atoms with E-state index in [-0.39, 0.29) is 13.6 Å². The van der Waals surface area contributed by atoms with E-state index in [4.69, 9.17) is 28.4 Å². The predicted molar refractivity (Wildman–Crippen MR) is 182 cm³/mol. The Morgan fingerprint density at radius 2 is 0.776 bits per heavy atom. The molecule has 49 heavy (non-hydrogen) atoms. The molecule has 8 heteroatoms. The molecule has 7 rings (SSSR count). The maximum absolute atomic E-state index is 12.1. The Morgan fingerprint density at radius 1 is 0.408 bits per heavy atom. The second-order valence-electron chi connectivity index (χ2n) is 11.0. The minimum atomic E-state index is -0.855. The largest absolute Gasteiger partial charge is 0.516 e. The Kier molecular flexibility index (Phi) is 8.92. The van der Waals surface area contributed by atoms with Gasteiger partial charge in [0.25, 0.3) is 0 Å². The van der Waals surface area contributed by atoms with E-state index in [1.54, 1.807) is 48.5 Å². The molecule has 1 aliphatic carbocycles. The third-order valence-corrected chi connectivity index (χ3v) is 8.22. The quantitative estimate of drug-likeness (QED) is 0.0823. The number of fused-ring (bicyclic) bond motifs is 3. The van der Waals surface area contributed by atoms with Gasteiger partial charge in [0, 0.05) is 0 Å². The molecule has 0 atom stereocenters. The van der Waals surface area contributed by atoms with Gasteiger partial charge >= 0.3 is 12.3 Å². The summed E-state index contributed by atoms with van der Waals surface area (Å²) < 4.78 is 32.0. The highest BCUT2D eigenvalue weighted by molar-refractivity contribution is 5.86. The standard InChI is InChI=1S/C41H30O8/c42-39(48-33-11-3-1-4-12-33)46-27-44-31-23-19-29(20-24-31)41(37-17-9-7-15-35(37)36-16-8-10-18-38(36)41)30-21-25-32(26-22-30)45-28-47-40(43)49-34-13-5-2-6-14-34/h1-26H,27-28H2. The normalized spacial score (nSPS) is 12.2. The minimum absolute atomic E-state index is 0.309. The summed E-state index contributed by atoms with van der Waals surface area (Å²) in [6.07, 6.45) is -1.71. The summed E-state index contributed by atoms with van der Waals surface area (Å²) in [4.78, 5) is 24.2. The predicted octanol–water partition coefficient (Wildman–Crippen LogP) is 9.15. The van der Waals surface area contributed by atoms with Gasteiger partial charge < -0.3 is 28.4 Å². The van der Waals surface area contributed by atoms with Crippen LogP contribution in [-0.2, 0) is 14.9 Å². The fraction of sp³-hybridized carbons (Fsp3) is 0.0732. The van der Waals surface area contributed by atoms with E-state index in [9.17, 15) is 9.59 Å². The van der Waals surface area contributed by atoms with Gasteiger partial charge in [-0.15, -0.1) is 0 Å². The summed E-state index contributed by atoms with van der Waals surface area (Å²) >= 11 is 0. The molecule has 6 aromatic rings. The summed E-state index contributed by atoms with van der Waals surface area (Å²) in [7, 11) is 0. The Morgan fingerprint density at radius 3 is 1.18 bits per heavy atom. The van der Waals surface area contributed by atoms with Gasteiger partial charge in [-0.2, -0.15) is 0 Å². The molecule has 0 radical (unpaired) electrons. The minimum Gasteiger partial charge on any atom is -0.457 e. The molecule has 0 N–H and O–H groups in total. The Balaban J connectivity index is 1.11. The molecule has 1 aliphatic rings. The Bertz CT molecular complexity index is 1890. The maximum Gasteiger partial charge on any atom is 0.516 e. The van der Waals surface area contributed by atoms with E-state index in [2.05, 4.69) is 24.3 Å². The van der Waals surface area contributed by atoms with E-state index < -0.39 is 17.7 Å². The zero-order chi connectivity index (χ0) is 33.5. The lowest BCUT2D eigenvalue weighted by molar-refractivity contribution is 0.0301. The van der Waals surface area contributed by atoms with Crippen molar-refractivity contribution in [2.75, 3.05) is 13.6 Å². The number of para-hydroxylation sites is 2. The molecule has 0 saturated heterocycles. The average Bonchev–Trinajstić information content (AvgIpc) is 3.44. The monoisotopic (exact) mass is 650 g/mol. The summed E-state index contributed by atoms with van der Waals surface area (Å²) in [6.45, 7) is -0.617. The first kappa shape index (κ1) is 31.1. The fourth-order valence-electron chi connectivity index (χ4n) is 6.15. The van der Waals surface area contributed by atoms with Gasteiger partial charge in [-0.1, -0.05) is 109 Å². The van der Waals surface area contributed by atoms with Crippen molar-refractivity contribution in [1.29, 1.82) is 0 Å². The van der Waals surface area contributed by atoms with E-state index >= 15 is 0 Å². The van der Waals surface area contributed by atoms with Crippen molar-refractivity contribution in [1.82, 2.24) is 0 Å². The van der Waals surface area contributed by atoms with Crippen molar-refractivity contribution in [3.05, 3.63) is 180 Å². The first-order valence-electron chi connectivity index (χ1n) is 15.6. The van der Waals surface area contributed by atoms with Crippen LogP contribution in [0.3, 0.4) is 0 Å². The number of carbonyl (C=O) groups excluding carboxylic acids is 2. The average molecular weight is 651 g/mol. The van der Waals surface area contributed by atoms with Gasteiger partial charge in [-0.3, -0.25) is 0 Å². The van der Waals surface area contributed by atoms with Crippen LogP contribution < -0.4 is 18.9 Å². The molecular formula is C41H30O8. The van der Waals surface area contributed by atoms with E-state index in [0.29, 0.717) is 23.0 Å². The highest BCUT2D eigenvalue weighted by Gasteiger charge is 2.45. The van der Waals surface area contributed by atoms with E-state index in [1.807, 2.05) is 84.9 Å². The third-order valence-electron chi connectivity index (χ3n) is 8.22. The molecule has 242 valence electrons. The smallest absolute Gasteiger partial charge is 0.457 e. The number of hydrogen-bond acceptors (Lipinski definition) is 8. The Hall–Kier alpha value is -6.54. The topological polar surface area (TPSA) is 89.5 Å². The molecule has 0 saturated carbocycles. The van der Waals surface area contributed by atoms with Crippen LogP contribution in [0, 0.1) is 0 Å². The van der Waals surface area contributed by atoms with Gasteiger partial charge in [0.2, 0.25) is 13.6 Å². The highest BCUT2D eigenvalue weighted by atomic mass is 16.8. The lowest BCUT2D eigenvalue weighted by atomic mass is 9.68. The van der Waals surface area contributed by atoms with Crippen molar-refractivity contribution in [2.45, 2.75) is 5.41 Å². The van der Waals surface area contributed by atoms with Crippen LogP contribution in [0.5, 0.6) is 23.0 Å². The van der Waals surface area contributed by atoms with Crippen LogP contribution in [0.25, 0.3) is 11.1 Å². The van der Waals surface area contributed by atoms with Gasteiger partial charge in [-0.25, -0.2) is 9.59 Å². The van der Waals surface area contributed by atoms with Crippen LogP contribution in [0.4, 0.5) is 9.59 Å². The lowest BCUT2D eigenvalue weighted by Crippen LogP contribution is -2.28. The van der Waals surface area contributed by atoms with Crippen LogP contribution in [-0.4, -0.2) is 25.9 Å². The molecule has 0 aliphatic heterocycles. The van der Waals surface area contributed by atoms with Gasteiger partial charge in [0.15, 0.2) is 0 Å². The number of hydrogen-bond donors (Lipinski definition) is 0. The summed E-state index contributed by atoms with van der Waals surface area (Å²) in [5.74, 6) is 1.83. The molecule has 0 aromatic heterocycles. The van der Waals surface area contributed by atoms with Crippen molar-refractivity contribution >= 4 is 12.3 Å². The van der Waals surface area contributed by atoms with Crippen molar-refractivity contribution < 1.29 is 38.0 Å². The SMILES string of the molecule is O=C(OCOc1ccc(C2(c3ccc(OCOC(=O)Oc4ccccc4)cc3)c3ccccc3-c3ccccc32)cc1)Oc1ccccc1. The summed E-state index contributed by atoms with van der Waals surface area (Å²) in [6, 6.07) is 49.7. The Labute approximate surface area is 283 Å². The second-order valence-corrected chi connectivity index (χ2v) is 11.0. The molecule has 0 fully saturated rings. The van der Waals surface area contributed by atoms with Crippen LogP contribution in [0.15, 0.2) is 158 Å². The summed E-state index contributed by atoms with van der Waals surface area (Å²) in [5.41, 5.74) is 5.94. The molecule has 0 spiro atoms.